The Hall–Kier alpha value is -1.63. The van der Waals surface area contributed by atoms with Gasteiger partial charge in [0.25, 0.3) is 0 Å². The standard InChI is InChI=1S/C13H18N6S/c1-7-10(14-3)15-11(9-5-6-9)16-12(7)20-13-18-17-8(2)19(13)4/h9H,5-6H2,1-4H3,(H,14,15,16). The zero-order valence-electron chi connectivity index (χ0n) is 12.1. The second-order valence-electron chi connectivity index (χ2n) is 5.08. The van der Waals surface area contributed by atoms with Gasteiger partial charge in [-0.2, -0.15) is 0 Å². The highest BCUT2D eigenvalue weighted by molar-refractivity contribution is 7.99. The van der Waals surface area contributed by atoms with Gasteiger partial charge in [0.15, 0.2) is 5.16 Å². The molecule has 2 heterocycles. The molecule has 1 aliphatic carbocycles. The number of aromatic nitrogens is 5. The SMILES string of the molecule is CNc1nc(C2CC2)nc(Sc2nnc(C)n2C)c1C. The molecule has 0 aliphatic heterocycles. The van der Waals surface area contributed by atoms with E-state index in [1.807, 2.05) is 32.5 Å². The van der Waals surface area contributed by atoms with Crippen LogP contribution >= 0.6 is 11.8 Å². The van der Waals surface area contributed by atoms with Crippen LogP contribution in [-0.4, -0.2) is 31.8 Å². The maximum absolute atomic E-state index is 4.72. The van der Waals surface area contributed by atoms with E-state index in [1.54, 1.807) is 11.8 Å². The number of anilines is 1. The molecule has 2 aromatic heterocycles. The smallest absolute Gasteiger partial charge is 0.197 e. The number of rotatable bonds is 4. The second-order valence-corrected chi connectivity index (χ2v) is 6.03. The number of nitrogens with zero attached hydrogens (tertiary/aromatic N) is 5. The van der Waals surface area contributed by atoms with Crippen LogP contribution in [0.1, 0.15) is 36.0 Å². The first-order valence-corrected chi connectivity index (χ1v) is 7.52. The van der Waals surface area contributed by atoms with Gasteiger partial charge in [-0.3, -0.25) is 0 Å². The fraction of sp³-hybridized carbons (Fsp3) is 0.538. The van der Waals surface area contributed by atoms with E-state index in [1.165, 1.54) is 12.8 Å². The molecule has 3 rings (SSSR count). The molecule has 0 unspecified atom stereocenters. The Morgan fingerprint density at radius 3 is 2.50 bits per heavy atom. The largest absolute Gasteiger partial charge is 0.373 e. The third-order valence-corrected chi connectivity index (χ3v) is 4.67. The molecule has 7 heteroatoms. The monoisotopic (exact) mass is 290 g/mol. The molecule has 1 N–H and O–H groups in total. The molecule has 106 valence electrons. The first-order chi connectivity index (χ1) is 9.60. The minimum atomic E-state index is 0.531. The fourth-order valence-corrected chi connectivity index (χ4v) is 2.86. The van der Waals surface area contributed by atoms with Crippen molar-refractivity contribution in [3.05, 3.63) is 17.2 Å². The molecule has 20 heavy (non-hydrogen) atoms. The summed E-state index contributed by atoms with van der Waals surface area (Å²) in [4.78, 5) is 9.32. The van der Waals surface area contributed by atoms with Crippen molar-refractivity contribution >= 4 is 17.6 Å². The Morgan fingerprint density at radius 1 is 1.20 bits per heavy atom. The molecule has 0 radical (unpaired) electrons. The third kappa shape index (κ3) is 2.37. The number of hydrogen-bond donors (Lipinski definition) is 1. The highest BCUT2D eigenvalue weighted by atomic mass is 32.2. The molecule has 1 saturated carbocycles. The Morgan fingerprint density at radius 2 is 1.95 bits per heavy atom. The third-order valence-electron chi connectivity index (χ3n) is 3.54. The first-order valence-electron chi connectivity index (χ1n) is 6.70. The minimum Gasteiger partial charge on any atom is -0.373 e. The lowest BCUT2D eigenvalue weighted by atomic mass is 10.3. The summed E-state index contributed by atoms with van der Waals surface area (Å²) in [6.45, 7) is 3.98. The number of aryl methyl sites for hydroxylation is 1. The average molecular weight is 290 g/mol. The summed E-state index contributed by atoms with van der Waals surface area (Å²) in [7, 11) is 3.86. The second kappa shape index (κ2) is 5.05. The molecule has 1 aliphatic rings. The van der Waals surface area contributed by atoms with Gasteiger partial charge in [-0.25, -0.2) is 9.97 Å². The average Bonchev–Trinajstić information content (AvgIpc) is 3.24. The van der Waals surface area contributed by atoms with Gasteiger partial charge < -0.3 is 9.88 Å². The minimum absolute atomic E-state index is 0.531. The van der Waals surface area contributed by atoms with Crippen LogP contribution in [0.5, 0.6) is 0 Å². The topological polar surface area (TPSA) is 68.5 Å². The van der Waals surface area contributed by atoms with E-state index in [9.17, 15) is 0 Å². The van der Waals surface area contributed by atoms with Gasteiger partial charge in [0.05, 0.1) is 0 Å². The van der Waals surface area contributed by atoms with E-state index in [4.69, 9.17) is 4.98 Å². The van der Waals surface area contributed by atoms with Crippen molar-refractivity contribution < 1.29 is 0 Å². The summed E-state index contributed by atoms with van der Waals surface area (Å²) in [6, 6.07) is 0. The van der Waals surface area contributed by atoms with Crippen molar-refractivity contribution in [1.82, 2.24) is 24.7 Å². The van der Waals surface area contributed by atoms with Crippen LogP contribution in [0.2, 0.25) is 0 Å². The normalized spacial score (nSPS) is 14.6. The molecule has 0 aromatic carbocycles. The van der Waals surface area contributed by atoms with Gasteiger partial charge in [0, 0.05) is 25.6 Å². The molecule has 0 bridgehead atoms. The van der Waals surface area contributed by atoms with Gasteiger partial charge in [-0.05, 0) is 38.5 Å². The van der Waals surface area contributed by atoms with Crippen molar-refractivity contribution in [2.45, 2.75) is 42.8 Å². The molecule has 0 saturated heterocycles. The Kier molecular flexibility index (Phi) is 3.37. The summed E-state index contributed by atoms with van der Waals surface area (Å²) in [5, 5.41) is 13.3. The van der Waals surface area contributed by atoms with Crippen LogP contribution < -0.4 is 5.32 Å². The molecule has 0 amide bonds. The predicted octanol–water partition coefficient (Wildman–Crippen LogP) is 2.29. The summed E-state index contributed by atoms with van der Waals surface area (Å²) in [6.07, 6.45) is 2.39. The van der Waals surface area contributed by atoms with E-state index in [-0.39, 0.29) is 0 Å². The van der Waals surface area contributed by atoms with Gasteiger partial charge >= 0.3 is 0 Å². The lowest BCUT2D eigenvalue weighted by Crippen LogP contribution is -2.04. The molecular weight excluding hydrogens is 272 g/mol. The fourth-order valence-electron chi connectivity index (χ4n) is 1.94. The highest BCUT2D eigenvalue weighted by Crippen LogP contribution is 2.40. The van der Waals surface area contributed by atoms with Gasteiger partial charge in [0.2, 0.25) is 0 Å². The number of hydrogen-bond acceptors (Lipinski definition) is 6. The van der Waals surface area contributed by atoms with Gasteiger partial charge in [0.1, 0.15) is 22.5 Å². The van der Waals surface area contributed by atoms with E-state index in [0.29, 0.717) is 5.92 Å². The van der Waals surface area contributed by atoms with Crippen molar-refractivity contribution in [2.24, 2.45) is 7.05 Å². The maximum Gasteiger partial charge on any atom is 0.197 e. The molecule has 0 spiro atoms. The van der Waals surface area contributed by atoms with Crippen LogP contribution in [0.15, 0.2) is 10.2 Å². The van der Waals surface area contributed by atoms with Crippen LogP contribution in [0.25, 0.3) is 0 Å². The zero-order valence-corrected chi connectivity index (χ0v) is 13.0. The Labute approximate surface area is 122 Å². The molecular formula is C13H18N6S. The molecule has 1 fully saturated rings. The summed E-state index contributed by atoms with van der Waals surface area (Å²) in [5.41, 5.74) is 1.06. The summed E-state index contributed by atoms with van der Waals surface area (Å²) < 4.78 is 1.97. The number of nitrogens with one attached hydrogen (secondary N) is 1. The Bertz CT molecular complexity index is 647. The Balaban J connectivity index is 1.99. The maximum atomic E-state index is 4.72. The molecule has 0 atom stereocenters. The van der Waals surface area contributed by atoms with E-state index in [2.05, 4.69) is 20.5 Å². The lowest BCUT2D eigenvalue weighted by Gasteiger charge is -2.11. The van der Waals surface area contributed by atoms with Gasteiger partial charge in [-0.15, -0.1) is 10.2 Å². The van der Waals surface area contributed by atoms with Crippen molar-refractivity contribution in [3.63, 3.8) is 0 Å². The van der Waals surface area contributed by atoms with E-state index >= 15 is 0 Å². The van der Waals surface area contributed by atoms with Crippen molar-refractivity contribution in [1.29, 1.82) is 0 Å². The highest BCUT2D eigenvalue weighted by Gasteiger charge is 2.28. The molecule has 6 nitrogen and oxygen atoms in total. The molecule has 2 aromatic rings. The van der Waals surface area contributed by atoms with Crippen LogP contribution in [0, 0.1) is 13.8 Å². The van der Waals surface area contributed by atoms with Crippen LogP contribution in [-0.2, 0) is 7.05 Å². The lowest BCUT2D eigenvalue weighted by molar-refractivity contribution is 0.762. The van der Waals surface area contributed by atoms with Crippen LogP contribution in [0.4, 0.5) is 5.82 Å². The van der Waals surface area contributed by atoms with E-state index < -0.39 is 0 Å². The van der Waals surface area contributed by atoms with Crippen molar-refractivity contribution in [3.8, 4) is 0 Å². The van der Waals surface area contributed by atoms with Crippen molar-refractivity contribution in [2.75, 3.05) is 12.4 Å². The summed E-state index contributed by atoms with van der Waals surface area (Å²) in [5.74, 6) is 3.28. The van der Waals surface area contributed by atoms with Crippen LogP contribution in [0.3, 0.4) is 0 Å². The zero-order chi connectivity index (χ0) is 14.3. The van der Waals surface area contributed by atoms with Gasteiger partial charge in [-0.1, -0.05) is 0 Å². The van der Waals surface area contributed by atoms with E-state index in [0.717, 1.165) is 33.2 Å². The quantitative estimate of drug-likeness (QED) is 0.871. The summed E-state index contributed by atoms with van der Waals surface area (Å²) >= 11 is 1.55. The first kappa shape index (κ1) is 13.4. The predicted molar refractivity (Wildman–Crippen MR) is 78.2 cm³/mol.